The van der Waals surface area contributed by atoms with E-state index in [9.17, 15) is 5.11 Å². The van der Waals surface area contributed by atoms with Gasteiger partial charge in [-0.1, -0.05) is 13.8 Å². The third-order valence-corrected chi connectivity index (χ3v) is 2.36. The lowest BCUT2D eigenvalue weighted by molar-refractivity contribution is 0.475. The summed E-state index contributed by atoms with van der Waals surface area (Å²) in [5, 5.41) is 13.5. The number of phenols is 1. The van der Waals surface area contributed by atoms with Crippen molar-refractivity contribution in [2.24, 2.45) is 0 Å². The first-order valence-electron chi connectivity index (χ1n) is 5.02. The highest BCUT2D eigenvalue weighted by molar-refractivity contribution is 5.37. The Morgan fingerprint density at radius 2 is 1.80 bits per heavy atom. The van der Waals surface area contributed by atoms with Crippen molar-refractivity contribution in [3.8, 4) is 11.4 Å². The first-order valence-corrected chi connectivity index (χ1v) is 5.02. The van der Waals surface area contributed by atoms with Crippen molar-refractivity contribution in [3.05, 3.63) is 42.2 Å². The molecular formula is C12H14N2O. The first-order chi connectivity index (χ1) is 7.18. The minimum absolute atomic E-state index is 0.275. The molecule has 15 heavy (non-hydrogen) atoms. The van der Waals surface area contributed by atoms with E-state index in [4.69, 9.17) is 0 Å². The fraction of sp³-hybridized carbons (Fsp3) is 0.250. The van der Waals surface area contributed by atoms with Crippen LogP contribution in [0.5, 0.6) is 5.75 Å². The summed E-state index contributed by atoms with van der Waals surface area (Å²) in [6.45, 7) is 4.27. The largest absolute Gasteiger partial charge is 0.508 e. The zero-order valence-electron chi connectivity index (χ0n) is 8.88. The molecule has 2 aromatic rings. The molecule has 0 aliphatic carbocycles. The molecule has 0 bridgehead atoms. The van der Waals surface area contributed by atoms with Crippen molar-refractivity contribution < 1.29 is 5.11 Å². The van der Waals surface area contributed by atoms with Crippen LogP contribution in [0.15, 0.2) is 36.5 Å². The summed E-state index contributed by atoms with van der Waals surface area (Å²) in [5.41, 5.74) is 2.14. The molecule has 1 heterocycles. The summed E-state index contributed by atoms with van der Waals surface area (Å²) in [7, 11) is 0. The number of rotatable bonds is 2. The number of aromatic nitrogens is 2. The first kappa shape index (κ1) is 9.77. The topological polar surface area (TPSA) is 38.0 Å². The van der Waals surface area contributed by atoms with Gasteiger partial charge >= 0.3 is 0 Å². The number of aromatic hydroxyl groups is 1. The maximum Gasteiger partial charge on any atom is 0.115 e. The molecule has 1 aromatic carbocycles. The average molecular weight is 202 g/mol. The van der Waals surface area contributed by atoms with Crippen molar-refractivity contribution in [1.82, 2.24) is 9.78 Å². The van der Waals surface area contributed by atoms with Crippen LogP contribution in [-0.4, -0.2) is 14.9 Å². The summed E-state index contributed by atoms with van der Waals surface area (Å²) in [6, 6.07) is 9.06. The fourth-order valence-corrected chi connectivity index (χ4v) is 1.56. The van der Waals surface area contributed by atoms with Crippen LogP contribution in [0.2, 0.25) is 0 Å². The summed E-state index contributed by atoms with van der Waals surface area (Å²) in [4.78, 5) is 0. The van der Waals surface area contributed by atoms with Gasteiger partial charge in [0.15, 0.2) is 0 Å². The Kier molecular flexibility index (Phi) is 2.46. The van der Waals surface area contributed by atoms with E-state index in [1.807, 2.05) is 22.9 Å². The smallest absolute Gasteiger partial charge is 0.115 e. The van der Waals surface area contributed by atoms with Crippen LogP contribution in [-0.2, 0) is 0 Å². The van der Waals surface area contributed by atoms with E-state index in [1.54, 1.807) is 18.3 Å². The Hall–Kier alpha value is -1.77. The van der Waals surface area contributed by atoms with Gasteiger partial charge in [-0.25, -0.2) is 4.68 Å². The summed E-state index contributed by atoms with van der Waals surface area (Å²) in [5.74, 6) is 0.707. The Labute approximate surface area is 89.0 Å². The third-order valence-electron chi connectivity index (χ3n) is 2.36. The Morgan fingerprint density at radius 1 is 1.13 bits per heavy atom. The fourth-order valence-electron chi connectivity index (χ4n) is 1.56. The van der Waals surface area contributed by atoms with Crippen molar-refractivity contribution in [1.29, 1.82) is 0 Å². The highest BCUT2D eigenvalue weighted by Gasteiger charge is 2.07. The van der Waals surface area contributed by atoms with Gasteiger partial charge in [-0.2, -0.15) is 5.10 Å². The minimum Gasteiger partial charge on any atom is -0.508 e. The van der Waals surface area contributed by atoms with E-state index in [0.717, 1.165) is 5.69 Å². The summed E-state index contributed by atoms with van der Waals surface area (Å²) in [6.07, 6.45) is 1.79. The zero-order valence-corrected chi connectivity index (χ0v) is 8.88. The molecular weight excluding hydrogens is 188 g/mol. The molecule has 0 unspecified atom stereocenters. The molecule has 1 aromatic heterocycles. The third kappa shape index (κ3) is 1.86. The van der Waals surface area contributed by atoms with Gasteiger partial charge in [0.05, 0.1) is 5.69 Å². The molecule has 3 heteroatoms. The second-order valence-electron chi connectivity index (χ2n) is 3.84. The minimum atomic E-state index is 0.275. The zero-order chi connectivity index (χ0) is 10.8. The van der Waals surface area contributed by atoms with E-state index < -0.39 is 0 Å². The number of benzene rings is 1. The Bertz CT molecular complexity index is 443. The lowest BCUT2D eigenvalue weighted by Gasteiger charge is -2.09. The second kappa shape index (κ2) is 3.77. The van der Waals surface area contributed by atoms with Gasteiger partial charge < -0.3 is 5.11 Å². The number of nitrogens with zero attached hydrogens (tertiary/aromatic N) is 2. The lowest BCUT2D eigenvalue weighted by atomic mass is 10.1. The molecule has 0 spiro atoms. The quantitative estimate of drug-likeness (QED) is 0.813. The normalized spacial score (nSPS) is 10.9. The van der Waals surface area contributed by atoms with Gasteiger partial charge in [-0.05, 0) is 36.2 Å². The van der Waals surface area contributed by atoms with Crippen molar-refractivity contribution in [3.63, 3.8) is 0 Å². The summed E-state index contributed by atoms with van der Waals surface area (Å²) >= 11 is 0. The number of phenolic OH excluding ortho intramolecular Hbond substituents is 1. The predicted octanol–water partition coefficient (Wildman–Crippen LogP) is 2.70. The van der Waals surface area contributed by atoms with Gasteiger partial charge in [-0.3, -0.25) is 0 Å². The van der Waals surface area contributed by atoms with Gasteiger partial charge in [0.2, 0.25) is 0 Å². The molecule has 2 rings (SSSR count). The van der Waals surface area contributed by atoms with Gasteiger partial charge in [0, 0.05) is 11.9 Å². The maximum absolute atomic E-state index is 9.20. The molecule has 0 saturated carbocycles. The Balaban J connectivity index is 2.45. The maximum atomic E-state index is 9.20. The van der Waals surface area contributed by atoms with E-state index in [2.05, 4.69) is 18.9 Å². The highest BCUT2D eigenvalue weighted by Crippen LogP contribution is 2.19. The van der Waals surface area contributed by atoms with Gasteiger partial charge in [0.1, 0.15) is 5.75 Å². The molecule has 78 valence electrons. The summed E-state index contributed by atoms with van der Waals surface area (Å²) < 4.78 is 1.89. The van der Waals surface area contributed by atoms with Crippen LogP contribution in [0.1, 0.15) is 25.5 Å². The molecule has 3 nitrogen and oxygen atoms in total. The molecule has 0 saturated heterocycles. The molecule has 0 radical (unpaired) electrons. The van der Waals surface area contributed by atoms with Crippen LogP contribution in [0, 0.1) is 0 Å². The number of hydrogen-bond acceptors (Lipinski definition) is 2. The molecule has 0 aliphatic heterocycles. The van der Waals surface area contributed by atoms with E-state index in [1.165, 1.54) is 5.69 Å². The van der Waals surface area contributed by atoms with Crippen LogP contribution in [0.4, 0.5) is 0 Å². The lowest BCUT2D eigenvalue weighted by Crippen LogP contribution is -2.02. The Morgan fingerprint density at radius 3 is 2.40 bits per heavy atom. The average Bonchev–Trinajstić information content (AvgIpc) is 2.67. The standard InChI is InChI=1S/C12H14N2O/c1-9(2)12-7-8-13-14(12)10-3-5-11(15)6-4-10/h3-9,15H,1-2H3. The monoisotopic (exact) mass is 202 g/mol. The molecule has 1 N–H and O–H groups in total. The van der Waals surface area contributed by atoms with Crippen molar-refractivity contribution in [2.45, 2.75) is 19.8 Å². The SMILES string of the molecule is CC(C)c1ccnn1-c1ccc(O)cc1. The molecule has 0 amide bonds. The van der Waals surface area contributed by atoms with Gasteiger partial charge in [-0.15, -0.1) is 0 Å². The second-order valence-corrected chi connectivity index (χ2v) is 3.84. The molecule has 0 aliphatic rings. The van der Waals surface area contributed by atoms with Crippen LogP contribution in [0.3, 0.4) is 0 Å². The van der Waals surface area contributed by atoms with Crippen LogP contribution >= 0.6 is 0 Å². The molecule has 0 fully saturated rings. The van der Waals surface area contributed by atoms with Crippen LogP contribution in [0.25, 0.3) is 5.69 Å². The van der Waals surface area contributed by atoms with E-state index in [-0.39, 0.29) is 5.75 Å². The van der Waals surface area contributed by atoms with Crippen molar-refractivity contribution >= 4 is 0 Å². The molecule has 0 atom stereocenters. The van der Waals surface area contributed by atoms with Crippen molar-refractivity contribution in [2.75, 3.05) is 0 Å². The van der Waals surface area contributed by atoms with Crippen LogP contribution < -0.4 is 0 Å². The predicted molar refractivity (Wildman–Crippen MR) is 59.3 cm³/mol. The van der Waals surface area contributed by atoms with Gasteiger partial charge in [0.25, 0.3) is 0 Å². The van der Waals surface area contributed by atoms with E-state index in [0.29, 0.717) is 5.92 Å². The van der Waals surface area contributed by atoms with E-state index >= 15 is 0 Å². The number of hydrogen-bond donors (Lipinski definition) is 1. The highest BCUT2D eigenvalue weighted by atomic mass is 16.3.